The number of unbranched alkanes of at least 4 members (excludes halogenated alkanes) is 3. The Morgan fingerprint density at radius 1 is 0.694 bits per heavy atom. The van der Waals surface area contributed by atoms with Crippen molar-refractivity contribution in [3.8, 4) is 0 Å². The first kappa shape index (κ1) is 38.7. The fourth-order valence-electron chi connectivity index (χ4n) is 5.56. The van der Waals surface area contributed by atoms with Crippen LogP contribution in [0.1, 0.15) is 77.3 Å². The molecule has 0 spiro atoms. The second-order valence-corrected chi connectivity index (χ2v) is 13.1. The van der Waals surface area contributed by atoms with Crippen LogP contribution in [-0.2, 0) is 41.6 Å². The van der Waals surface area contributed by atoms with E-state index < -0.39 is 59.7 Å². The number of carbonyl (C=O) groups excluding carboxylic acids is 6. The molecule has 6 amide bonds. The van der Waals surface area contributed by atoms with Crippen LogP contribution in [0.25, 0.3) is 0 Å². The van der Waals surface area contributed by atoms with Gasteiger partial charge in [-0.25, -0.2) is 0 Å². The van der Waals surface area contributed by atoms with Gasteiger partial charge in [-0.3, -0.25) is 28.8 Å². The van der Waals surface area contributed by atoms with Gasteiger partial charge in [0.2, 0.25) is 35.4 Å². The molecule has 0 aliphatic carbocycles. The molecular formula is C37H52N6O6. The maximum Gasteiger partial charge on any atom is 0.245 e. The molecule has 0 radical (unpaired) electrons. The van der Waals surface area contributed by atoms with Gasteiger partial charge in [0, 0.05) is 25.8 Å². The van der Waals surface area contributed by atoms with Crippen LogP contribution in [0.5, 0.6) is 0 Å². The van der Waals surface area contributed by atoms with Crippen LogP contribution >= 0.6 is 0 Å². The van der Waals surface area contributed by atoms with Crippen molar-refractivity contribution in [2.75, 3.05) is 6.54 Å². The second kappa shape index (κ2) is 19.9. The summed E-state index contributed by atoms with van der Waals surface area (Å²) in [7, 11) is 0. The number of nitrogens with one attached hydrogen (secondary N) is 6. The van der Waals surface area contributed by atoms with Crippen molar-refractivity contribution in [1.29, 1.82) is 0 Å². The molecule has 0 aromatic heterocycles. The number of hydrogen-bond donors (Lipinski definition) is 6. The standard InChI is InChI=1S/C37H52N6O6/c1-5-6-7-14-19-32(44)40-31-23-38-34(46)28(20-24(2)3)41-33(45)25(4)39-35(47)29(21-26-15-10-8-11-16-26)42-36(48)30(43-37(31)49)22-27-17-12-9-13-18-27/h8-13,15-18,24-25,28-31H,5-7,14,19-23H2,1-4H3,(H,38,46)(H,39,47)(H,40,44)(H,41,45)(H,42,48)(H,43,49)/t25-,28-,29-,30-,31-/m1/s1. The molecule has 1 aliphatic heterocycles. The van der Waals surface area contributed by atoms with Gasteiger partial charge in [-0.05, 0) is 36.8 Å². The molecule has 3 rings (SSSR count). The quantitative estimate of drug-likeness (QED) is 0.188. The van der Waals surface area contributed by atoms with E-state index in [9.17, 15) is 28.8 Å². The first-order valence-electron chi connectivity index (χ1n) is 17.3. The Labute approximate surface area is 289 Å². The first-order valence-corrected chi connectivity index (χ1v) is 17.3. The van der Waals surface area contributed by atoms with Crippen molar-refractivity contribution in [3.05, 3.63) is 71.8 Å². The van der Waals surface area contributed by atoms with Crippen molar-refractivity contribution in [3.63, 3.8) is 0 Å². The van der Waals surface area contributed by atoms with Crippen molar-refractivity contribution >= 4 is 35.4 Å². The molecule has 1 aliphatic rings. The summed E-state index contributed by atoms with van der Waals surface area (Å²) in [5.74, 6) is -3.35. The van der Waals surface area contributed by atoms with Gasteiger partial charge in [-0.1, -0.05) is 101 Å². The molecule has 12 heteroatoms. The van der Waals surface area contributed by atoms with E-state index in [2.05, 4.69) is 38.8 Å². The third-order valence-electron chi connectivity index (χ3n) is 8.31. The Kier molecular flexibility index (Phi) is 15.7. The SMILES string of the molecule is CCCCCCC(=O)N[C@@H]1CNC(=O)[C@@H](CC(C)C)NC(=O)[C@@H](C)NC(=O)[C@@H](Cc2ccccc2)NC(=O)[C@@H](Cc2ccccc2)NC1=O. The second-order valence-electron chi connectivity index (χ2n) is 13.1. The molecule has 1 saturated heterocycles. The summed E-state index contributed by atoms with van der Waals surface area (Å²) in [6.45, 7) is 7.12. The minimum absolute atomic E-state index is 0.0256. The van der Waals surface area contributed by atoms with Crippen LogP contribution in [0.4, 0.5) is 0 Å². The summed E-state index contributed by atoms with van der Waals surface area (Å²) in [4.78, 5) is 81.1. The van der Waals surface area contributed by atoms with E-state index >= 15 is 0 Å². The summed E-state index contributed by atoms with van der Waals surface area (Å²) in [6.07, 6.45) is 4.20. The summed E-state index contributed by atoms with van der Waals surface area (Å²) in [5, 5.41) is 16.5. The molecule has 0 bridgehead atoms. The highest BCUT2D eigenvalue weighted by molar-refractivity contribution is 5.97. The zero-order valence-corrected chi connectivity index (χ0v) is 29.1. The lowest BCUT2D eigenvalue weighted by Gasteiger charge is -2.28. The Morgan fingerprint density at radius 2 is 1.22 bits per heavy atom. The van der Waals surface area contributed by atoms with Crippen LogP contribution in [0, 0.1) is 5.92 Å². The Balaban J connectivity index is 1.99. The van der Waals surface area contributed by atoms with Gasteiger partial charge in [0.1, 0.15) is 30.2 Å². The Hall–Kier alpha value is -4.74. The van der Waals surface area contributed by atoms with Crippen LogP contribution in [0.2, 0.25) is 0 Å². The van der Waals surface area contributed by atoms with Crippen molar-refractivity contribution in [2.45, 2.75) is 109 Å². The van der Waals surface area contributed by atoms with Crippen LogP contribution in [0.3, 0.4) is 0 Å². The molecule has 0 unspecified atom stereocenters. The molecular weight excluding hydrogens is 624 g/mol. The molecule has 12 nitrogen and oxygen atoms in total. The zero-order valence-electron chi connectivity index (χ0n) is 29.1. The molecule has 49 heavy (non-hydrogen) atoms. The van der Waals surface area contributed by atoms with Gasteiger partial charge in [0.15, 0.2) is 0 Å². The molecule has 2 aromatic rings. The largest absolute Gasteiger partial charge is 0.352 e. The molecule has 0 saturated carbocycles. The zero-order chi connectivity index (χ0) is 35.8. The van der Waals surface area contributed by atoms with Gasteiger partial charge in [0.25, 0.3) is 0 Å². The number of carbonyl (C=O) groups is 6. The fraction of sp³-hybridized carbons (Fsp3) is 0.514. The van der Waals surface area contributed by atoms with Crippen molar-refractivity contribution in [1.82, 2.24) is 31.9 Å². The lowest BCUT2D eigenvalue weighted by molar-refractivity contribution is -0.135. The number of hydrogen-bond acceptors (Lipinski definition) is 6. The Bertz CT molecular complexity index is 1400. The maximum absolute atomic E-state index is 13.9. The van der Waals surface area contributed by atoms with Crippen molar-refractivity contribution < 1.29 is 28.8 Å². The van der Waals surface area contributed by atoms with E-state index in [-0.39, 0.29) is 37.6 Å². The number of amides is 6. The van der Waals surface area contributed by atoms with Crippen molar-refractivity contribution in [2.24, 2.45) is 5.92 Å². The lowest BCUT2D eigenvalue weighted by atomic mass is 10.0. The normalized spacial score (nSPS) is 22.7. The number of benzene rings is 2. The van der Waals surface area contributed by atoms with E-state index in [1.807, 2.05) is 74.5 Å². The minimum atomic E-state index is -1.21. The minimum Gasteiger partial charge on any atom is -0.352 e. The van der Waals surface area contributed by atoms with E-state index in [0.29, 0.717) is 12.8 Å². The molecule has 1 fully saturated rings. The summed E-state index contributed by atoms with van der Waals surface area (Å²) < 4.78 is 0. The molecule has 266 valence electrons. The molecule has 6 N–H and O–H groups in total. The highest BCUT2D eigenvalue weighted by atomic mass is 16.2. The average Bonchev–Trinajstić information content (AvgIpc) is 3.07. The third kappa shape index (κ3) is 13.4. The van der Waals surface area contributed by atoms with Gasteiger partial charge in [-0.15, -0.1) is 0 Å². The first-order chi connectivity index (χ1) is 23.5. The lowest BCUT2D eigenvalue weighted by Crippen LogP contribution is -2.62. The van der Waals surface area contributed by atoms with Crippen LogP contribution in [0.15, 0.2) is 60.7 Å². The van der Waals surface area contributed by atoms with Crippen LogP contribution < -0.4 is 31.9 Å². The van der Waals surface area contributed by atoms with E-state index in [1.165, 1.54) is 6.92 Å². The topological polar surface area (TPSA) is 175 Å². The predicted molar refractivity (Wildman–Crippen MR) is 187 cm³/mol. The monoisotopic (exact) mass is 676 g/mol. The van der Waals surface area contributed by atoms with Gasteiger partial charge in [-0.2, -0.15) is 0 Å². The van der Waals surface area contributed by atoms with Crippen LogP contribution in [-0.4, -0.2) is 72.2 Å². The smallest absolute Gasteiger partial charge is 0.245 e. The summed E-state index contributed by atoms with van der Waals surface area (Å²) >= 11 is 0. The predicted octanol–water partition coefficient (Wildman–Crippen LogP) is 2.06. The number of rotatable bonds is 12. The van der Waals surface area contributed by atoms with E-state index in [4.69, 9.17) is 0 Å². The Morgan fingerprint density at radius 3 is 1.78 bits per heavy atom. The average molecular weight is 677 g/mol. The molecule has 1 heterocycles. The van der Waals surface area contributed by atoms with Gasteiger partial charge >= 0.3 is 0 Å². The van der Waals surface area contributed by atoms with E-state index in [1.54, 1.807) is 0 Å². The highest BCUT2D eigenvalue weighted by Crippen LogP contribution is 2.10. The fourth-order valence-corrected chi connectivity index (χ4v) is 5.56. The summed E-state index contributed by atoms with van der Waals surface area (Å²) in [5.41, 5.74) is 1.53. The van der Waals surface area contributed by atoms with Gasteiger partial charge in [0.05, 0.1) is 0 Å². The molecule has 2 aromatic carbocycles. The van der Waals surface area contributed by atoms with Gasteiger partial charge < -0.3 is 31.9 Å². The highest BCUT2D eigenvalue weighted by Gasteiger charge is 2.33. The van der Waals surface area contributed by atoms with E-state index in [0.717, 1.165) is 30.4 Å². The third-order valence-corrected chi connectivity index (χ3v) is 8.31. The summed E-state index contributed by atoms with van der Waals surface area (Å²) in [6, 6.07) is 12.8. The molecule has 5 atom stereocenters. The maximum atomic E-state index is 13.9.